The first-order chi connectivity index (χ1) is 25.6. The fraction of sp³-hybridized carbons (Fsp3) is 0.0625. The molecule has 0 saturated carbocycles. The topological polar surface area (TPSA) is 43.6 Å². The second-order valence-corrected chi connectivity index (χ2v) is 14.4. The highest BCUT2D eigenvalue weighted by Crippen LogP contribution is 2.56. The van der Waals surface area contributed by atoms with Gasteiger partial charge in [0.1, 0.15) is 0 Å². The highest BCUT2D eigenvalue weighted by molar-refractivity contribution is 6.30. The van der Waals surface area contributed by atoms with E-state index in [0.29, 0.717) is 5.95 Å². The molecule has 0 amide bonds. The van der Waals surface area contributed by atoms with Crippen LogP contribution in [0.5, 0.6) is 0 Å². The zero-order valence-corrected chi connectivity index (χ0v) is 28.8. The Labute approximate surface area is 300 Å². The highest BCUT2D eigenvalue weighted by Gasteiger charge is 2.40. The Kier molecular flexibility index (Phi) is 5.98. The number of benzene rings is 7. The number of rotatable bonds is 3. The summed E-state index contributed by atoms with van der Waals surface area (Å²) < 4.78 is 2.30. The van der Waals surface area contributed by atoms with Crippen molar-refractivity contribution < 1.29 is 0 Å². The molecular weight excluding hydrogens is 633 g/mol. The maximum atomic E-state index is 5.35. The van der Waals surface area contributed by atoms with E-state index in [0.717, 1.165) is 44.3 Å². The molecule has 0 unspecified atom stereocenters. The van der Waals surface area contributed by atoms with Crippen LogP contribution >= 0.6 is 0 Å². The molecule has 0 bridgehead atoms. The van der Waals surface area contributed by atoms with E-state index in [-0.39, 0.29) is 5.41 Å². The first-order valence-corrected chi connectivity index (χ1v) is 17.9. The average molecular weight is 665 g/mol. The summed E-state index contributed by atoms with van der Waals surface area (Å²) >= 11 is 0. The van der Waals surface area contributed by atoms with Gasteiger partial charge in [-0.1, -0.05) is 147 Å². The molecule has 52 heavy (non-hydrogen) atoms. The van der Waals surface area contributed by atoms with Gasteiger partial charge < -0.3 is 0 Å². The molecule has 244 valence electrons. The predicted octanol–water partition coefficient (Wildman–Crippen LogP) is 12.1. The van der Waals surface area contributed by atoms with Crippen LogP contribution in [0.4, 0.5) is 0 Å². The molecule has 0 saturated heterocycles. The van der Waals surface area contributed by atoms with Crippen LogP contribution in [-0.4, -0.2) is 19.5 Å². The second-order valence-electron chi connectivity index (χ2n) is 14.4. The van der Waals surface area contributed by atoms with Crippen LogP contribution in [0.3, 0.4) is 0 Å². The number of hydrogen-bond acceptors (Lipinski definition) is 3. The molecule has 11 rings (SSSR count). The summed E-state index contributed by atoms with van der Waals surface area (Å²) in [5.74, 6) is 0.646. The summed E-state index contributed by atoms with van der Waals surface area (Å²) in [7, 11) is 0. The SMILES string of the molecule is CC1(C)c2ccc3c4ccccc4c4ccccc4c3c2-c2ccc3c4cnccc4n(-c4nc(-c5ccccc5)cc(-c5ccccc5)n4)c3c21. The Bertz CT molecular complexity index is 2990. The molecule has 1 aliphatic carbocycles. The van der Waals surface area contributed by atoms with Gasteiger partial charge in [-0.25, -0.2) is 9.97 Å². The normalized spacial score (nSPS) is 13.3. The van der Waals surface area contributed by atoms with E-state index in [4.69, 9.17) is 9.97 Å². The molecular formula is C48H32N4. The van der Waals surface area contributed by atoms with Gasteiger partial charge in [-0.3, -0.25) is 9.55 Å². The molecule has 3 aromatic heterocycles. The summed E-state index contributed by atoms with van der Waals surface area (Å²) in [5, 5.41) is 9.98. The van der Waals surface area contributed by atoms with Crippen LogP contribution in [0.2, 0.25) is 0 Å². The lowest BCUT2D eigenvalue weighted by molar-refractivity contribution is 0.664. The summed E-state index contributed by atoms with van der Waals surface area (Å²) in [4.78, 5) is 15.3. The van der Waals surface area contributed by atoms with Crippen molar-refractivity contribution in [3.05, 3.63) is 169 Å². The van der Waals surface area contributed by atoms with Gasteiger partial charge in [0.05, 0.1) is 22.4 Å². The summed E-state index contributed by atoms with van der Waals surface area (Å²) in [6.07, 6.45) is 3.87. The number of hydrogen-bond donors (Lipinski definition) is 0. The van der Waals surface area contributed by atoms with Crippen molar-refractivity contribution in [1.82, 2.24) is 19.5 Å². The van der Waals surface area contributed by atoms with Crippen LogP contribution in [0.25, 0.3) is 93.7 Å². The lowest BCUT2D eigenvalue weighted by atomic mass is 9.80. The Hall–Kier alpha value is -6.65. The van der Waals surface area contributed by atoms with E-state index in [1.54, 1.807) is 0 Å². The van der Waals surface area contributed by atoms with Crippen molar-refractivity contribution >= 4 is 54.1 Å². The van der Waals surface area contributed by atoms with E-state index < -0.39 is 0 Å². The minimum absolute atomic E-state index is 0.316. The monoisotopic (exact) mass is 664 g/mol. The number of fused-ring (bicyclic) bond motifs is 14. The van der Waals surface area contributed by atoms with Crippen molar-refractivity contribution in [2.75, 3.05) is 0 Å². The quantitative estimate of drug-likeness (QED) is 0.177. The average Bonchev–Trinajstić information content (AvgIpc) is 3.66. The number of aromatic nitrogens is 4. The molecule has 4 heteroatoms. The summed E-state index contributed by atoms with van der Waals surface area (Å²) in [6.45, 7) is 4.76. The summed E-state index contributed by atoms with van der Waals surface area (Å²) in [6, 6.07) is 52.1. The minimum Gasteiger partial charge on any atom is -0.277 e. The molecule has 7 aromatic carbocycles. The van der Waals surface area contributed by atoms with Crippen molar-refractivity contribution in [1.29, 1.82) is 0 Å². The zero-order chi connectivity index (χ0) is 34.6. The van der Waals surface area contributed by atoms with Crippen molar-refractivity contribution in [2.45, 2.75) is 19.3 Å². The van der Waals surface area contributed by atoms with Gasteiger partial charge >= 0.3 is 0 Å². The fourth-order valence-electron chi connectivity index (χ4n) is 8.98. The molecule has 10 aromatic rings. The molecule has 0 aliphatic heterocycles. The van der Waals surface area contributed by atoms with Gasteiger partial charge in [0.15, 0.2) is 0 Å². The Morgan fingerprint density at radius 1 is 0.519 bits per heavy atom. The number of pyridine rings is 1. The standard InChI is InChI=1S/C48H32N4/c1-48(2)39-24-23-35-33-19-10-9-17-31(33)32-18-11-12-20-34(32)43(35)44(39)37-22-21-36-38-28-49-26-25-42(38)52(46(36)45(37)48)47-50-40(29-13-5-3-6-14-29)27-41(51-47)30-15-7-4-8-16-30/h3-28H,1-2H3. The van der Waals surface area contributed by atoms with Crippen LogP contribution in [-0.2, 0) is 5.41 Å². The van der Waals surface area contributed by atoms with Gasteiger partial charge in [-0.05, 0) is 66.7 Å². The van der Waals surface area contributed by atoms with E-state index in [9.17, 15) is 0 Å². The molecule has 1 aliphatic rings. The molecule has 3 heterocycles. The first-order valence-electron chi connectivity index (χ1n) is 17.9. The van der Waals surface area contributed by atoms with Gasteiger partial charge in [0.2, 0.25) is 5.95 Å². The van der Waals surface area contributed by atoms with Crippen LogP contribution in [0.15, 0.2) is 158 Å². The molecule has 0 atom stereocenters. The van der Waals surface area contributed by atoms with Gasteiger partial charge in [0.25, 0.3) is 0 Å². The number of nitrogens with zero attached hydrogens (tertiary/aromatic N) is 4. The van der Waals surface area contributed by atoms with Crippen molar-refractivity contribution in [2.24, 2.45) is 0 Å². The molecule has 0 spiro atoms. The molecule has 4 nitrogen and oxygen atoms in total. The van der Waals surface area contributed by atoms with Gasteiger partial charge in [0, 0.05) is 39.7 Å². The first kappa shape index (κ1) is 29.1. The second kappa shape index (κ2) is 10.7. The highest BCUT2D eigenvalue weighted by atomic mass is 15.2. The predicted molar refractivity (Wildman–Crippen MR) is 215 cm³/mol. The van der Waals surface area contributed by atoms with Crippen molar-refractivity contribution in [3.63, 3.8) is 0 Å². The van der Waals surface area contributed by atoms with Crippen LogP contribution in [0, 0.1) is 0 Å². The fourth-order valence-corrected chi connectivity index (χ4v) is 8.98. The maximum absolute atomic E-state index is 5.35. The molecule has 0 radical (unpaired) electrons. The van der Waals surface area contributed by atoms with E-state index in [2.05, 4.69) is 157 Å². The molecule has 0 fully saturated rings. The third-order valence-corrected chi connectivity index (χ3v) is 11.3. The zero-order valence-electron chi connectivity index (χ0n) is 28.8. The van der Waals surface area contributed by atoms with Gasteiger partial charge in [-0.15, -0.1) is 0 Å². The lowest BCUT2D eigenvalue weighted by Crippen LogP contribution is -2.17. The molecule has 0 N–H and O–H groups in total. The van der Waals surface area contributed by atoms with Crippen molar-refractivity contribution in [3.8, 4) is 39.6 Å². The largest absolute Gasteiger partial charge is 0.277 e. The lowest BCUT2D eigenvalue weighted by Gasteiger charge is -2.24. The van der Waals surface area contributed by atoms with Crippen LogP contribution < -0.4 is 0 Å². The van der Waals surface area contributed by atoms with E-state index in [1.807, 2.05) is 24.5 Å². The minimum atomic E-state index is -0.316. The van der Waals surface area contributed by atoms with Gasteiger partial charge in [-0.2, -0.15) is 0 Å². The Balaban J connectivity index is 1.29. The smallest absolute Gasteiger partial charge is 0.235 e. The Morgan fingerprint density at radius 3 is 1.73 bits per heavy atom. The maximum Gasteiger partial charge on any atom is 0.235 e. The Morgan fingerprint density at radius 2 is 1.08 bits per heavy atom. The van der Waals surface area contributed by atoms with Crippen LogP contribution in [0.1, 0.15) is 25.0 Å². The summed E-state index contributed by atoms with van der Waals surface area (Å²) in [5.41, 5.74) is 10.9. The third kappa shape index (κ3) is 3.95. The van der Waals surface area contributed by atoms with E-state index in [1.165, 1.54) is 54.6 Å². The van der Waals surface area contributed by atoms with E-state index >= 15 is 0 Å². The third-order valence-electron chi connectivity index (χ3n) is 11.3.